The van der Waals surface area contributed by atoms with Crippen molar-refractivity contribution in [2.24, 2.45) is 0 Å². The summed E-state index contributed by atoms with van der Waals surface area (Å²) in [6.07, 6.45) is -1.31. The summed E-state index contributed by atoms with van der Waals surface area (Å²) >= 11 is 0. The smallest absolute Gasteiger partial charge is 0.393 e. The Bertz CT molecular complexity index is 361. The molecule has 0 amide bonds. The van der Waals surface area contributed by atoms with Crippen LogP contribution in [0.25, 0.3) is 0 Å². The number of aliphatic hydroxyl groups is 1. The van der Waals surface area contributed by atoms with E-state index < -0.39 is 11.7 Å². The fraction of sp³-hybridized carbons (Fsp3) is 0.538. The largest absolute Gasteiger partial charge is 0.416 e. The molecule has 0 bridgehead atoms. The molecule has 1 fully saturated rings. The summed E-state index contributed by atoms with van der Waals surface area (Å²) in [4.78, 5) is 0. The van der Waals surface area contributed by atoms with E-state index >= 15 is 0 Å². The van der Waals surface area contributed by atoms with Crippen molar-refractivity contribution in [2.75, 3.05) is 0 Å². The minimum absolute atomic E-state index is 0.235. The van der Waals surface area contributed by atoms with Crippen molar-refractivity contribution in [3.8, 4) is 0 Å². The first-order valence-corrected chi connectivity index (χ1v) is 5.82. The summed E-state index contributed by atoms with van der Waals surface area (Å²) in [5.74, 6) is 0.292. The van der Waals surface area contributed by atoms with Gasteiger partial charge in [-0.1, -0.05) is 12.1 Å². The fourth-order valence-electron chi connectivity index (χ4n) is 2.35. The number of alkyl halides is 3. The first kappa shape index (κ1) is 12.4. The Morgan fingerprint density at radius 1 is 0.941 bits per heavy atom. The SMILES string of the molecule is O[C@H]1CC[C@H](c2ccc(C(F)(F)F)cc2)CC1. The van der Waals surface area contributed by atoms with Gasteiger partial charge < -0.3 is 5.11 Å². The first-order chi connectivity index (χ1) is 7.97. The summed E-state index contributed by atoms with van der Waals surface area (Å²) in [7, 11) is 0. The molecule has 0 unspecified atom stereocenters. The Hall–Kier alpha value is -1.03. The molecule has 1 aliphatic rings. The average molecular weight is 244 g/mol. The maximum atomic E-state index is 12.4. The summed E-state index contributed by atoms with van der Waals surface area (Å²) in [6.45, 7) is 0. The molecular weight excluding hydrogens is 229 g/mol. The van der Waals surface area contributed by atoms with Gasteiger partial charge in [0, 0.05) is 0 Å². The summed E-state index contributed by atoms with van der Waals surface area (Å²) in [6, 6.07) is 5.40. The Balaban J connectivity index is 2.08. The van der Waals surface area contributed by atoms with Gasteiger partial charge in [0.2, 0.25) is 0 Å². The third-order valence-electron chi connectivity index (χ3n) is 3.41. The molecule has 1 saturated carbocycles. The Labute approximate surface area is 98.3 Å². The predicted octanol–water partition coefficient (Wildman–Crippen LogP) is 3.72. The molecule has 0 saturated heterocycles. The van der Waals surface area contributed by atoms with Crippen molar-refractivity contribution in [2.45, 2.75) is 43.9 Å². The molecule has 0 aliphatic heterocycles. The second kappa shape index (κ2) is 4.69. The third kappa shape index (κ3) is 3.00. The molecule has 1 aliphatic carbocycles. The van der Waals surface area contributed by atoms with Gasteiger partial charge in [-0.3, -0.25) is 0 Å². The predicted molar refractivity (Wildman–Crippen MR) is 58.7 cm³/mol. The van der Waals surface area contributed by atoms with Gasteiger partial charge in [0.25, 0.3) is 0 Å². The van der Waals surface area contributed by atoms with E-state index in [-0.39, 0.29) is 6.10 Å². The topological polar surface area (TPSA) is 20.2 Å². The van der Waals surface area contributed by atoms with Crippen LogP contribution in [-0.2, 0) is 6.18 Å². The minimum atomic E-state index is -4.26. The van der Waals surface area contributed by atoms with Crippen molar-refractivity contribution >= 4 is 0 Å². The molecule has 1 aromatic carbocycles. The zero-order valence-electron chi connectivity index (χ0n) is 9.37. The van der Waals surface area contributed by atoms with Crippen LogP contribution in [0, 0.1) is 0 Å². The molecule has 17 heavy (non-hydrogen) atoms. The van der Waals surface area contributed by atoms with E-state index in [0.29, 0.717) is 5.92 Å². The molecule has 2 rings (SSSR count). The zero-order chi connectivity index (χ0) is 12.5. The Morgan fingerprint density at radius 2 is 1.47 bits per heavy atom. The Morgan fingerprint density at radius 3 is 1.94 bits per heavy atom. The summed E-state index contributed by atoms with van der Waals surface area (Å²) in [5.41, 5.74) is 0.349. The number of aliphatic hydroxyl groups excluding tert-OH is 1. The number of halogens is 3. The van der Waals surface area contributed by atoms with E-state index in [4.69, 9.17) is 0 Å². The van der Waals surface area contributed by atoms with Crippen LogP contribution in [0.4, 0.5) is 13.2 Å². The zero-order valence-corrected chi connectivity index (χ0v) is 9.37. The lowest BCUT2D eigenvalue weighted by molar-refractivity contribution is -0.137. The van der Waals surface area contributed by atoms with E-state index in [1.807, 2.05) is 0 Å². The number of hydrogen-bond acceptors (Lipinski definition) is 1. The maximum absolute atomic E-state index is 12.4. The highest BCUT2D eigenvalue weighted by Crippen LogP contribution is 2.35. The number of benzene rings is 1. The molecule has 4 heteroatoms. The quantitative estimate of drug-likeness (QED) is 0.798. The molecule has 0 spiro atoms. The highest BCUT2D eigenvalue weighted by molar-refractivity contribution is 5.27. The van der Waals surface area contributed by atoms with Gasteiger partial charge in [0.1, 0.15) is 0 Å². The van der Waals surface area contributed by atoms with Crippen LogP contribution in [0.1, 0.15) is 42.7 Å². The molecule has 1 N–H and O–H groups in total. The van der Waals surface area contributed by atoms with Crippen LogP contribution in [-0.4, -0.2) is 11.2 Å². The van der Waals surface area contributed by atoms with Gasteiger partial charge in [-0.05, 0) is 49.3 Å². The summed E-state index contributed by atoms with van der Waals surface area (Å²) in [5, 5.41) is 9.38. The number of rotatable bonds is 1. The fourth-order valence-corrected chi connectivity index (χ4v) is 2.35. The molecule has 0 atom stereocenters. The standard InChI is InChI=1S/C13H15F3O/c14-13(15,16)11-5-1-9(2-6-11)10-3-7-12(17)8-4-10/h1-2,5-6,10,12,17H,3-4,7-8H2/t10-,12-. The molecule has 0 heterocycles. The van der Waals surface area contributed by atoms with E-state index in [1.165, 1.54) is 0 Å². The first-order valence-electron chi connectivity index (χ1n) is 5.82. The molecule has 1 nitrogen and oxygen atoms in total. The lowest BCUT2D eigenvalue weighted by atomic mass is 9.82. The average Bonchev–Trinajstić information content (AvgIpc) is 2.29. The number of hydrogen-bond donors (Lipinski definition) is 1. The minimum Gasteiger partial charge on any atom is -0.393 e. The molecular formula is C13H15F3O. The van der Waals surface area contributed by atoms with Gasteiger partial charge in [0.15, 0.2) is 0 Å². The van der Waals surface area contributed by atoms with Gasteiger partial charge in [-0.2, -0.15) is 13.2 Å². The molecule has 0 radical (unpaired) electrons. The van der Waals surface area contributed by atoms with Gasteiger partial charge in [0.05, 0.1) is 11.7 Å². The monoisotopic (exact) mass is 244 g/mol. The highest BCUT2D eigenvalue weighted by atomic mass is 19.4. The van der Waals surface area contributed by atoms with Crippen LogP contribution in [0.3, 0.4) is 0 Å². The van der Waals surface area contributed by atoms with Crippen LogP contribution in [0.5, 0.6) is 0 Å². The third-order valence-corrected chi connectivity index (χ3v) is 3.41. The molecule has 94 valence electrons. The Kier molecular flexibility index (Phi) is 3.43. The normalized spacial score (nSPS) is 25.9. The van der Waals surface area contributed by atoms with Crippen LogP contribution in [0.15, 0.2) is 24.3 Å². The highest BCUT2D eigenvalue weighted by Gasteiger charge is 2.30. The van der Waals surface area contributed by atoms with Gasteiger partial charge >= 0.3 is 6.18 Å². The second-order valence-electron chi connectivity index (χ2n) is 4.63. The van der Waals surface area contributed by atoms with Crippen LogP contribution in [0.2, 0.25) is 0 Å². The van der Waals surface area contributed by atoms with Gasteiger partial charge in [-0.25, -0.2) is 0 Å². The van der Waals surface area contributed by atoms with Crippen LogP contribution >= 0.6 is 0 Å². The van der Waals surface area contributed by atoms with E-state index in [0.717, 1.165) is 43.4 Å². The van der Waals surface area contributed by atoms with E-state index in [1.54, 1.807) is 12.1 Å². The van der Waals surface area contributed by atoms with Crippen molar-refractivity contribution in [1.29, 1.82) is 0 Å². The van der Waals surface area contributed by atoms with Crippen molar-refractivity contribution in [3.63, 3.8) is 0 Å². The lowest BCUT2D eigenvalue weighted by Crippen LogP contribution is -2.17. The second-order valence-corrected chi connectivity index (χ2v) is 4.63. The van der Waals surface area contributed by atoms with Gasteiger partial charge in [-0.15, -0.1) is 0 Å². The summed E-state index contributed by atoms with van der Waals surface area (Å²) < 4.78 is 37.1. The van der Waals surface area contributed by atoms with Crippen LogP contribution < -0.4 is 0 Å². The van der Waals surface area contributed by atoms with E-state index in [9.17, 15) is 18.3 Å². The van der Waals surface area contributed by atoms with E-state index in [2.05, 4.69) is 0 Å². The van der Waals surface area contributed by atoms with Crippen molar-refractivity contribution in [3.05, 3.63) is 35.4 Å². The molecule has 1 aromatic rings. The maximum Gasteiger partial charge on any atom is 0.416 e. The van der Waals surface area contributed by atoms with Crippen molar-refractivity contribution < 1.29 is 18.3 Å². The lowest BCUT2D eigenvalue weighted by Gasteiger charge is -2.25. The molecule has 0 aromatic heterocycles. The van der Waals surface area contributed by atoms with Crippen molar-refractivity contribution in [1.82, 2.24) is 0 Å².